The largest absolute Gasteiger partial charge is 0.497 e. The van der Waals surface area contributed by atoms with Crippen LogP contribution < -0.4 is 4.74 Å². The SMILES string of the molecule is COc1ccc(C(C)(C)C)cc1.Cc1cccc(C(C)(C)C)c1. The van der Waals surface area contributed by atoms with Crippen molar-refractivity contribution in [2.75, 3.05) is 7.11 Å². The summed E-state index contributed by atoms with van der Waals surface area (Å²) in [7, 11) is 1.69. The molecule has 23 heavy (non-hydrogen) atoms. The standard InChI is InChI=1S/C11H16O.C11H16/c1-11(2,3)9-5-7-10(12-4)8-6-9;1-9-6-5-7-10(8-9)11(2,3)4/h5-8H,1-4H3;5-8H,1-4H3. The van der Waals surface area contributed by atoms with E-state index < -0.39 is 0 Å². The summed E-state index contributed by atoms with van der Waals surface area (Å²) in [5.74, 6) is 0.919. The van der Waals surface area contributed by atoms with Crippen LogP contribution >= 0.6 is 0 Å². The molecule has 0 bridgehead atoms. The minimum absolute atomic E-state index is 0.228. The third-order valence-corrected chi connectivity index (χ3v) is 3.84. The average Bonchev–Trinajstić information content (AvgIpc) is 2.46. The second-order valence-corrected chi connectivity index (χ2v) is 8.10. The molecule has 126 valence electrons. The molecule has 0 aliphatic heterocycles. The van der Waals surface area contributed by atoms with Crippen molar-refractivity contribution in [2.24, 2.45) is 0 Å². The molecule has 0 amide bonds. The Kier molecular flexibility index (Phi) is 6.44. The van der Waals surface area contributed by atoms with Gasteiger partial charge in [-0.25, -0.2) is 0 Å². The van der Waals surface area contributed by atoms with Crippen LogP contribution in [-0.4, -0.2) is 7.11 Å². The number of aryl methyl sites for hydroxylation is 1. The highest BCUT2D eigenvalue weighted by Gasteiger charge is 2.13. The molecule has 1 heteroatoms. The minimum Gasteiger partial charge on any atom is -0.497 e. The van der Waals surface area contributed by atoms with Crippen LogP contribution in [0.1, 0.15) is 58.2 Å². The second-order valence-electron chi connectivity index (χ2n) is 8.10. The highest BCUT2D eigenvalue weighted by molar-refractivity contribution is 5.31. The summed E-state index contributed by atoms with van der Waals surface area (Å²) in [4.78, 5) is 0. The van der Waals surface area contributed by atoms with E-state index in [4.69, 9.17) is 4.74 Å². The molecule has 0 aliphatic carbocycles. The number of benzene rings is 2. The molecule has 0 heterocycles. The Labute approximate surface area is 142 Å². The Hall–Kier alpha value is -1.76. The lowest BCUT2D eigenvalue weighted by Gasteiger charge is -2.19. The van der Waals surface area contributed by atoms with Gasteiger partial charge in [0.05, 0.1) is 7.11 Å². The van der Waals surface area contributed by atoms with Crippen molar-refractivity contribution in [2.45, 2.75) is 59.3 Å². The van der Waals surface area contributed by atoms with Crippen molar-refractivity contribution in [1.82, 2.24) is 0 Å². The van der Waals surface area contributed by atoms with Crippen molar-refractivity contribution in [1.29, 1.82) is 0 Å². The summed E-state index contributed by atoms with van der Waals surface area (Å²) in [5.41, 5.74) is 4.61. The molecule has 2 aromatic carbocycles. The predicted molar refractivity (Wildman–Crippen MR) is 102 cm³/mol. The van der Waals surface area contributed by atoms with Crippen molar-refractivity contribution in [3.05, 3.63) is 65.2 Å². The predicted octanol–water partition coefficient (Wildman–Crippen LogP) is 6.29. The average molecular weight is 312 g/mol. The first kappa shape index (κ1) is 19.3. The Morgan fingerprint density at radius 1 is 0.696 bits per heavy atom. The van der Waals surface area contributed by atoms with E-state index in [2.05, 4.69) is 84.9 Å². The number of hydrogen-bond acceptors (Lipinski definition) is 1. The monoisotopic (exact) mass is 312 g/mol. The molecule has 0 unspecified atom stereocenters. The highest BCUT2D eigenvalue weighted by atomic mass is 16.5. The molecule has 0 saturated heterocycles. The lowest BCUT2D eigenvalue weighted by atomic mass is 9.86. The molecular formula is C22H32O. The summed E-state index contributed by atoms with van der Waals surface area (Å²) in [6, 6.07) is 16.9. The fourth-order valence-electron chi connectivity index (χ4n) is 2.20. The van der Waals surface area contributed by atoms with Gasteiger partial charge in [0, 0.05) is 0 Å². The topological polar surface area (TPSA) is 9.23 Å². The van der Waals surface area contributed by atoms with Gasteiger partial charge >= 0.3 is 0 Å². The van der Waals surface area contributed by atoms with Crippen molar-refractivity contribution in [3.8, 4) is 5.75 Å². The lowest BCUT2D eigenvalue weighted by molar-refractivity contribution is 0.414. The van der Waals surface area contributed by atoms with Gasteiger partial charge in [-0.2, -0.15) is 0 Å². The van der Waals surface area contributed by atoms with Gasteiger partial charge in [-0.15, -0.1) is 0 Å². The van der Waals surface area contributed by atoms with E-state index in [9.17, 15) is 0 Å². The Morgan fingerprint density at radius 2 is 1.22 bits per heavy atom. The van der Waals surface area contributed by atoms with Gasteiger partial charge in [0.2, 0.25) is 0 Å². The van der Waals surface area contributed by atoms with E-state index in [-0.39, 0.29) is 10.8 Å². The van der Waals surface area contributed by atoms with Gasteiger partial charge < -0.3 is 4.74 Å². The van der Waals surface area contributed by atoms with Crippen molar-refractivity contribution in [3.63, 3.8) is 0 Å². The Balaban J connectivity index is 0.000000231. The second kappa shape index (κ2) is 7.68. The van der Waals surface area contributed by atoms with Crippen LogP contribution in [0.2, 0.25) is 0 Å². The first-order chi connectivity index (χ1) is 10.5. The number of ether oxygens (including phenoxy) is 1. The minimum atomic E-state index is 0.228. The van der Waals surface area contributed by atoms with E-state index in [0.717, 1.165) is 5.75 Å². The fourth-order valence-corrected chi connectivity index (χ4v) is 2.20. The van der Waals surface area contributed by atoms with Crippen LogP contribution in [0.5, 0.6) is 5.75 Å². The van der Waals surface area contributed by atoms with E-state index in [0.29, 0.717) is 0 Å². The van der Waals surface area contributed by atoms with Gasteiger partial charge in [-0.3, -0.25) is 0 Å². The van der Waals surface area contributed by atoms with Crippen LogP contribution in [0.25, 0.3) is 0 Å². The van der Waals surface area contributed by atoms with Crippen LogP contribution in [-0.2, 0) is 10.8 Å². The molecular weight excluding hydrogens is 280 g/mol. The van der Waals surface area contributed by atoms with Crippen LogP contribution in [0.15, 0.2) is 48.5 Å². The molecule has 0 fully saturated rings. The van der Waals surface area contributed by atoms with Crippen LogP contribution in [0, 0.1) is 6.92 Å². The molecule has 2 rings (SSSR count). The summed E-state index contributed by atoms with van der Waals surface area (Å²) in [6.07, 6.45) is 0. The summed E-state index contributed by atoms with van der Waals surface area (Å²) < 4.78 is 5.08. The smallest absolute Gasteiger partial charge is 0.118 e. The maximum absolute atomic E-state index is 5.08. The van der Waals surface area contributed by atoms with Crippen molar-refractivity contribution >= 4 is 0 Å². The number of methoxy groups -OCH3 is 1. The van der Waals surface area contributed by atoms with Gasteiger partial charge in [0.1, 0.15) is 5.75 Å². The van der Waals surface area contributed by atoms with Crippen LogP contribution in [0.4, 0.5) is 0 Å². The van der Waals surface area contributed by atoms with Crippen LogP contribution in [0.3, 0.4) is 0 Å². The summed E-state index contributed by atoms with van der Waals surface area (Å²) in [5, 5.41) is 0. The van der Waals surface area contributed by atoms with E-state index in [1.807, 2.05) is 12.1 Å². The molecule has 0 spiro atoms. The zero-order valence-electron chi connectivity index (χ0n) is 16.0. The summed E-state index contributed by atoms with van der Waals surface area (Å²) >= 11 is 0. The third kappa shape index (κ3) is 6.48. The molecule has 0 atom stereocenters. The normalized spacial score (nSPS) is 11.5. The highest BCUT2D eigenvalue weighted by Crippen LogP contribution is 2.24. The quantitative estimate of drug-likeness (QED) is 0.601. The van der Waals surface area contributed by atoms with E-state index >= 15 is 0 Å². The molecule has 0 aliphatic rings. The first-order valence-corrected chi connectivity index (χ1v) is 8.26. The fraction of sp³-hybridized carbons (Fsp3) is 0.455. The summed E-state index contributed by atoms with van der Waals surface area (Å²) in [6.45, 7) is 15.5. The van der Waals surface area contributed by atoms with E-state index in [1.165, 1.54) is 16.7 Å². The van der Waals surface area contributed by atoms with Gasteiger partial charge in [0.15, 0.2) is 0 Å². The maximum Gasteiger partial charge on any atom is 0.118 e. The molecule has 2 aromatic rings. The van der Waals surface area contributed by atoms with Gasteiger partial charge in [-0.05, 0) is 41.0 Å². The van der Waals surface area contributed by atoms with Crippen molar-refractivity contribution < 1.29 is 4.74 Å². The lowest BCUT2D eigenvalue weighted by Crippen LogP contribution is -2.10. The maximum atomic E-state index is 5.08. The first-order valence-electron chi connectivity index (χ1n) is 8.26. The molecule has 0 radical (unpaired) electrons. The molecule has 0 N–H and O–H groups in total. The third-order valence-electron chi connectivity index (χ3n) is 3.84. The Morgan fingerprint density at radius 3 is 1.57 bits per heavy atom. The zero-order chi connectivity index (χ0) is 17.7. The van der Waals surface area contributed by atoms with E-state index in [1.54, 1.807) is 7.11 Å². The zero-order valence-corrected chi connectivity index (χ0v) is 16.0. The molecule has 0 aromatic heterocycles. The number of hydrogen-bond donors (Lipinski definition) is 0. The van der Waals surface area contributed by atoms with Gasteiger partial charge in [0.25, 0.3) is 0 Å². The number of rotatable bonds is 1. The van der Waals surface area contributed by atoms with Gasteiger partial charge in [-0.1, -0.05) is 83.5 Å². The molecule has 1 nitrogen and oxygen atoms in total. The molecule has 0 saturated carbocycles. The Bertz CT molecular complexity index is 595.